The Hall–Kier alpha value is -4.02. The monoisotopic (exact) mass is 1450 g/mol. The van der Waals surface area contributed by atoms with Crippen LogP contribution in [0.5, 0.6) is 0 Å². The highest BCUT2D eigenvalue weighted by Crippen LogP contribution is 2.45. The van der Waals surface area contributed by atoms with Crippen LogP contribution in [0.25, 0.3) is 0 Å². The second-order valence-corrected chi connectivity index (χ2v) is 29.2. The lowest BCUT2D eigenvalue weighted by Crippen LogP contribution is -2.30. The van der Waals surface area contributed by atoms with E-state index in [-0.39, 0.29) is 25.7 Å². The van der Waals surface area contributed by atoms with E-state index in [2.05, 4.69) is 125 Å². The number of carbonyl (C=O) groups is 4. The fourth-order valence-electron chi connectivity index (χ4n) is 10.6. The lowest BCUT2D eigenvalue weighted by atomic mass is 10.1. The van der Waals surface area contributed by atoms with Crippen LogP contribution in [0.1, 0.15) is 336 Å². The summed E-state index contributed by atoms with van der Waals surface area (Å²) in [4.78, 5) is 72.9. The zero-order valence-electron chi connectivity index (χ0n) is 63.1. The number of ether oxygens (including phenoxy) is 4. The number of phosphoric acid groups is 2. The van der Waals surface area contributed by atoms with Crippen LogP contribution in [-0.2, 0) is 65.4 Å². The molecule has 0 aliphatic rings. The summed E-state index contributed by atoms with van der Waals surface area (Å²) < 4.78 is 68.5. The molecule has 0 aromatic rings. The van der Waals surface area contributed by atoms with Crippen molar-refractivity contribution in [3.8, 4) is 0 Å². The summed E-state index contributed by atoms with van der Waals surface area (Å²) >= 11 is 0. The first-order valence-corrected chi connectivity index (χ1v) is 42.5. The molecule has 4 unspecified atom stereocenters. The third-order valence-corrected chi connectivity index (χ3v) is 18.5. The highest BCUT2D eigenvalue weighted by molar-refractivity contribution is 7.47. The van der Waals surface area contributed by atoms with E-state index in [9.17, 15) is 43.2 Å². The molecule has 3 N–H and O–H groups in total. The van der Waals surface area contributed by atoms with E-state index in [1.54, 1.807) is 0 Å². The van der Waals surface area contributed by atoms with E-state index in [1.165, 1.54) is 77.0 Å². The van der Waals surface area contributed by atoms with Crippen LogP contribution < -0.4 is 0 Å². The molecule has 0 amide bonds. The fraction of sp³-hybridized carbons (Fsp3) is 0.753. The molecule has 0 aromatic heterocycles. The molecule has 0 fully saturated rings. The van der Waals surface area contributed by atoms with E-state index < -0.39 is 97.5 Å². The molecule has 0 bridgehead atoms. The molecular weight excluding hydrogens is 1310 g/mol. The summed E-state index contributed by atoms with van der Waals surface area (Å²) in [6.07, 6.45) is 76.8. The van der Waals surface area contributed by atoms with Gasteiger partial charge in [-0.3, -0.25) is 37.3 Å². The Morgan fingerprint density at radius 3 is 0.800 bits per heavy atom. The first-order chi connectivity index (χ1) is 48.7. The van der Waals surface area contributed by atoms with E-state index in [4.69, 9.17) is 37.0 Å². The molecule has 0 radical (unpaired) electrons. The van der Waals surface area contributed by atoms with Gasteiger partial charge in [-0.1, -0.05) is 305 Å². The van der Waals surface area contributed by atoms with Gasteiger partial charge in [0.1, 0.15) is 19.3 Å². The molecule has 0 rings (SSSR count). The average molecular weight is 1450 g/mol. The Balaban J connectivity index is 5.26. The van der Waals surface area contributed by atoms with Crippen LogP contribution in [0.15, 0.2) is 97.2 Å². The van der Waals surface area contributed by atoms with Crippen molar-refractivity contribution in [2.75, 3.05) is 39.6 Å². The van der Waals surface area contributed by atoms with Crippen LogP contribution in [0.2, 0.25) is 0 Å². The van der Waals surface area contributed by atoms with Gasteiger partial charge in [-0.05, 0) is 103 Å². The second-order valence-electron chi connectivity index (χ2n) is 26.3. The van der Waals surface area contributed by atoms with E-state index in [0.717, 1.165) is 180 Å². The summed E-state index contributed by atoms with van der Waals surface area (Å²) in [5.41, 5.74) is 0. The van der Waals surface area contributed by atoms with Crippen molar-refractivity contribution in [3.05, 3.63) is 97.2 Å². The highest BCUT2D eigenvalue weighted by Gasteiger charge is 2.30. The minimum absolute atomic E-state index is 0.0946. The van der Waals surface area contributed by atoms with Gasteiger partial charge in [-0.2, -0.15) is 0 Å². The van der Waals surface area contributed by atoms with Gasteiger partial charge in [-0.15, -0.1) is 0 Å². The molecule has 0 aromatic carbocycles. The van der Waals surface area contributed by atoms with Gasteiger partial charge in [0.15, 0.2) is 12.2 Å². The third-order valence-electron chi connectivity index (χ3n) is 16.6. The molecule has 0 saturated heterocycles. The number of esters is 4. The molecule has 100 heavy (non-hydrogen) atoms. The Morgan fingerprint density at radius 2 is 0.520 bits per heavy atom. The SMILES string of the molecule is CC/C=C\C/C=C\C/C=C\C/C=C\CCCCCCCCC(=O)OCC(COP(=O)(O)OCC(O)COP(=O)(O)OCC(COC(=O)CCCCCCCC/C=C\C/C=C\C/C=C\C/C=C\CC)OC(=O)CCCCCCCCCCCCC)OC(=O)CCCCCCCCCCCCC. The number of allylic oxidation sites excluding steroid dienone is 16. The van der Waals surface area contributed by atoms with Crippen LogP contribution >= 0.6 is 15.6 Å². The van der Waals surface area contributed by atoms with Crippen molar-refractivity contribution >= 4 is 39.5 Å². The molecule has 4 atom stereocenters. The molecule has 578 valence electrons. The fourth-order valence-corrected chi connectivity index (χ4v) is 12.2. The number of unbranched alkanes of at least 4 members (excludes halogenated alkanes) is 32. The number of carbonyl (C=O) groups excluding carboxylic acids is 4. The molecule has 0 saturated carbocycles. The predicted molar refractivity (Wildman–Crippen MR) is 409 cm³/mol. The Kier molecular flexibility index (Phi) is 70.4. The van der Waals surface area contributed by atoms with Crippen molar-refractivity contribution in [1.82, 2.24) is 0 Å². The smallest absolute Gasteiger partial charge is 0.462 e. The zero-order chi connectivity index (χ0) is 73.2. The van der Waals surface area contributed by atoms with Crippen LogP contribution in [0.3, 0.4) is 0 Å². The lowest BCUT2D eigenvalue weighted by Gasteiger charge is -2.21. The number of rotatable bonds is 74. The van der Waals surface area contributed by atoms with Gasteiger partial charge >= 0.3 is 39.5 Å². The largest absolute Gasteiger partial charge is 0.472 e. The Bertz CT molecular complexity index is 2120. The van der Waals surface area contributed by atoms with E-state index >= 15 is 0 Å². The Morgan fingerprint density at radius 1 is 0.290 bits per heavy atom. The molecule has 0 spiro atoms. The van der Waals surface area contributed by atoms with Crippen molar-refractivity contribution < 1.29 is 80.2 Å². The summed E-state index contributed by atoms with van der Waals surface area (Å²) in [5.74, 6) is -2.18. The summed E-state index contributed by atoms with van der Waals surface area (Å²) in [6.45, 7) is 4.64. The normalized spacial score (nSPS) is 14.4. The zero-order valence-corrected chi connectivity index (χ0v) is 64.9. The van der Waals surface area contributed by atoms with Gasteiger partial charge in [0.2, 0.25) is 0 Å². The third kappa shape index (κ3) is 72.3. The van der Waals surface area contributed by atoms with Gasteiger partial charge in [-0.25, -0.2) is 9.13 Å². The topological polar surface area (TPSA) is 237 Å². The van der Waals surface area contributed by atoms with Gasteiger partial charge < -0.3 is 33.8 Å². The first kappa shape index (κ1) is 96.0. The summed E-state index contributed by atoms with van der Waals surface area (Å²) in [6, 6.07) is 0. The van der Waals surface area contributed by atoms with Crippen LogP contribution in [0, 0.1) is 0 Å². The minimum atomic E-state index is -4.97. The lowest BCUT2D eigenvalue weighted by molar-refractivity contribution is -0.161. The number of aliphatic hydroxyl groups excluding tert-OH is 1. The van der Waals surface area contributed by atoms with Gasteiger partial charge in [0.25, 0.3) is 0 Å². The van der Waals surface area contributed by atoms with E-state index in [1.807, 2.05) is 0 Å². The maximum atomic E-state index is 13.1. The van der Waals surface area contributed by atoms with Crippen molar-refractivity contribution in [2.24, 2.45) is 0 Å². The Labute approximate surface area is 607 Å². The average Bonchev–Trinajstić information content (AvgIpc) is 0.953. The number of aliphatic hydroxyl groups is 1. The number of phosphoric ester groups is 2. The molecule has 0 aliphatic heterocycles. The maximum absolute atomic E-state index is 13.1. The quantitative estimate of drug-likeness (QED) is 0.0169. The van der Waals surface area contributed by atoms with E-state index in [0.29, 0.717) is 25.7 Å². The molecule has 0 heterocycles. The predicted octanol–water partition coefficient (Wildman–Crippen LogP) is 22.8. The first-order valence-electron chi connectivity index (χ1n) is 39.5. The second kappa shape index (κ2) is 73.3. The number of hydrogen-bond acceptors (Lipinski definition) is 15. The molecular formula is C81H142O17P2. The maximum Gasteiger partial charge on any atom is 0.472 e. The highest BCUT2D eigenvalue weighted by atomic mass is 31.2. The van der Waals surface area contributed by atoms with Crippen molar-refractivity contribution in [3.63, 3.8) is 0 Å². The molecule has 0 aliphatic carbocycles. The molecule has 17 nitrogen and oxygen atoms in total. The summed E-state index contributed by atoms with van der Waals surface area (Å²) in [7, 11) is -9.94. The number of hydrogen-bond donors (Lipinski definition) is 3. The van der Waals surface area contributed by atoms with Crippen LogP contribution in [-0.4, -0.2) is 96.7 Å². The standard InChI is InChI=1S/C81H142O17P2/c1-5-9-13-17-21-25-29-31-33-35-37-39-41-43-47-49-53-57-61-65-78(83)91-71-76(97-80(85)67-63-59-55-51-45-27-23-19-15-11-7-3)73-95-99(87,88)93-69-75(82)70-94-100(89,90)96-74-77(98-81(86)68-64-60-56-52-46-28-24-20-16-12-8-4)72-92-79(84)66-62-58-54-50-48-44-42-40-38-36-34-32-30-26-22-18-14-10-6-2/h9-10,13-14,21-22,25-26,31-34,37-40,75-77,82H,5-8,11-12,15-20,23-24,27-30,35-36,41-74H2,1-4H3,(H,87,88)(H,89,90)/b13-9-,14-10-,25-21-,26-22-,33-31-,34-32-,39-37-,40-38-. The van der Waals surface area contributed by atoms with Gasteiger partial charge in [0.05, 0.1) is 26.4 Å². The minimum Gasteiger partial charge on any atom is -0.462 e. The van der Waals surface area contributed by atoms with Gasteiger partial charge in [0, 0.05) is 25.7 Å². The summed E-state index contributed by atoms with van der Waals surface area (Å²) in [5, 5.41) is 10.6. The molecule has 19 heteroatoms. The van der Waals surface area contributed by atoms with Crippen LogP contribution in [0.4, 0.5) is 0 Å². The van der Waals surface area contributed by atoms with Crippen molar-refractivity contribution in [2.45, 2.75) is 354 Å². The van der Waals surface area contributed by atoms with Crippen molar-refractivity contribution in [1.29, 1.82) is 0 Å².